The Labute approximate surface area is 181 Å². The molecule has 0 radical (unpaired) electrons. The zero-order chi connectivity index (χ0) is 21.7. The molecular weight excluding hydrogens is 405 g/mol. The van der Waals surface area contributed by atoms with Crippen molar-refractivity contribution in [1.29, 1.82) is 0 Å². The van der Waals surface area contributed by atoms with E-state index in [2.05, 4.69) is 30.1 Å². The van der Waals surface area contributed by atoms with Gasteiger partial charge in [0.2, 0.25) is 0 Å². The molecule has 0 unspecified atom stereocenters. The number of hydrogen-bond donors (Lipinski definition) is 2. The number of hydrogen-bond acceptors (Lipinski definition) is 5. The summed E-state index contributed by atoms with van der Waals surface area (Å²) in [5.41, 5.74) is 6.95. The molecule has 0 bridgehead atoms. The fraction of sp³-hybridized carbons (Fsp3) is 0.0417. The molecule has 0 aliphatic carbocycles. The molecule has 0 spiro atoms. The van der Waals surface area contributed by atoms with Crippen LogP contribution in [0.25, 0.3) is 55.8 Å². The van der Waals surface area contributed by atoms with Crippen molar-refractivity contribution in [2.24, 2.45) is 0 Å². The van der Waals surface area contributed by atoms with Gasteiger partial charge in [-0.2, -0.15) is 5.10 Å². The predicted molar refractivity (Wildman–Crippen MR) is 120 cm³/mol. The van der Waals surface area contributed by atoms with Crippen LogP contribution in [-0.4, -0.2) is 35.1 Å². The summed E-state index contributed by atoms with van der Waals surface area (Å²) in [4.78, 5) is 21.1. The number of aryl methyl sites for hydroxylation is 1. The highest BCUT2D eigenvalue weighted by molar-refractivity contribution is 5.97. The van der Waals surface area contributed by atoms with Gasteiger partial charge in [0.25, 0.3) is 0 Å². The molecule has 2 N–H and O–H groups in total. The quantitative estimate of drug-likeness (QED) is 0.416. The van der Waals surface area contributed by atoms with Crippen molar-refractivity contribution in [3.8, 4) is 33.9 Å². The van der Waals surface area contributed by atoms with Crippen LogP contribution in [0, 0.1) is 12.7 Å². The number of pyridine rings is 3. The summed E-state index contributed by atoms with van der Waals surface area (Å²) in [7, 11) is 0. The minimum atomic E-state index is -0.290. The van der Waals surface area contributed by atoms with Crippen LogP contribution in [0.15, 0.2) is 67.4 Å². The first-order valence-electron chi connectivity index (χ1n) is 10.0. The van der Waals surface area contributed by atoms with E-state index in [-0.39, 0.29) is 5.82 Å². The van der Waals surface area contributed by atoms with Gasteiger partial charge in [-0.1, -0.05) is 6.07 Å². The molecule has 6 aromatic rings. The van der Waals surface area contributed by atoms with Gasteiger partial charge in [0, 0.05) is 35.1 Å². The average molecular weight is 421 g/mol. The van der Waals surface area contributed by atoms with Gasteiger partial charge < -0.3 is 4.98 Å². The van der Waals surface area contributed by atoms with E-state index in [0.717, 1.165) is 44.4 Å². The highest BCUT2D eigenvalue weighted by Gasteiger charge is 2.17. The number of aromatic nitrogens is 7. The van der Waals surface area contributed by atoms with E-state index < -0.39 is 0 Å². The van der Waals surface area contributed by atoms with E-state index >= 15 is 0 Å². The lowest BCUT2D eigenvalue weighted by Gasteiger charge is -2.04. The van der Waals surface area contributed by atoms with Crippen LogP contribution in [0.2, 0.25) is 0 Å². The Kier molecular flexibility index (Phi) is 4.04. The van der Waals surface area contributed by atoms with Crippen LogP contribution in [0.3, 0.4) is 0 Å². The Bertz CT molecular complexity index is 1580. The summed E-state index contributed by atoms with van der Waals surface area (Å²) in [6.07, 6.45) is 8.66. The molecule has 0 saturated heterocycles. The summed E-state index contributed by atoms with van der Waals surface area (Å²) in [5.74, 6) is 0.304. The average Bonchev–Trinajstić information content (AvgIpc) is 3.42. The maximum Gasteiger partial charge on any atom is 0.159 e. The van der Waals surface area contributed by atoms with Gasteiger partial charge in [-0.3, -0.25) is 20.1 Å². The van der Waals surface area contributed by atoms with E-state index in [4.69, 9.17) is 4.98 Å². The van der Waals surface area contributed by atoms with Crippen molar-refractivity contribution in [3.63, 3.8) is 0 Å². The third-order valence-electron chi connectivity index (χ3n) is 5.38. The number of nitrogens with zero attached hydrogens (tertiary/aromatic N) is 5. The molecule has 154 valence electrons. The van der Waals surface area contributed by atoms with Crippen LogP contribution in [0.5, 0.6) is 0 Å². The first-order valence-corrected chi connectivity index (χ1v) is 10.0. The molecule has 1 aromatic carbocycles. The lowest BCUT2D eigenvalue weighted by Crippen LogP contribution is -1.87. The Balaban J connectivity index is 1.52. The summed E-state index contributed by atoms with van der Waals surface area (Å²) < 4.78 is 14.0. The minimum absolute atomic E-state index is 0.290. The van der Waals surface area contributed by atoms with Crippen molar-refractivity contribution in [1.82, 2.24) is 35.1 Å². The Morgan fingerprint density at radius 2 is 1.84 bits per heavy atom. The maximum atomic E-state index is 14.0. The Morgan fingerprint density at radius 3 is 2.69 bits per heavy atom. The molecule has 7 nitrogen and oxygen atoms in total. The SMILES string of the molecule is Cc1cc(F)cc(-c2cncc3[nH]c(-c4n[nH]c5cnc(-c6cccnc6)cc45)nc23)c1. The van der Waals surface area contributed by atoms with Gasteiger partial charge in [0.05, 0.1) is 34.6 Å². The van der Waals surface area contributed by atoms with E-state index in [1.807, 2.05) is 31.2 Å². The van der Waals surface area contributed by atoms with Gasteiger partial charge in [-0.15, -0.1) is 0 Å². The molecule has 0 aliphatic heterocycles. The van der Waals surface area contributed by atoms with E-state index in [9.17, 15) is 4.39 Å². The standard InChI is InChI=1S/C24H16FN7/c1-13-5-15(7-16(25)6-13)18-10-27-11-21-22(18)30-24(29-21)23-17-8-19(14-3-2-4-26-9-14)28-12-20(17)31-32-23/h2-12H,1H3,(H,29,30)(H,31,32). The molecule has 0 aliphatic rings. The smallest absolute Gasteiger partial charge is 0.159 e. The van der Waals surface area contributed by atoms with Crippen molar-refractivity contribution >= 4 is 21.9 Å². The van der Waals surface area contributed by atoms with Gasteiger partial charge >= 0.3 is 0 Å². The Morgan fingerprint density at radius 1 is 0.906 bits per heavy atom. The van der Waals surface area contributed by atoms with Crippen molar-refractivity contribution in [2.45, 2.75) is 6.92 Å². The van der Waals surface area contributed by atoms with Crippen LogP contribution >= 0.6 is 0 Å². The number of nitrogens with one attached hydrogen (secondary N) is 2. The molecule has 32 heavy (non-hydrogen) atoms. The van der Waals surface area contributed by atoms with Gasteiger partial charge in [0.15, 0.2) is 5.82 Å². The van der Waals surface area contributed by atoms with E-state index in [1.165, 1.54) is 12.1 Å². The Hall–Kier alpha value is -4.46. The number of imidazole rings is 1. The summed E-state index contributed by atoms with van der Waals surface area (Å²) >= 11 is 0. The molecule has 0 saturated carbocycles. The van der Waals surface area contributed by atoms with Crippen LogP contribution in [0.4, 0.5) is 4.39 Å². The zero-order valence-corrected chi connectivity index (χ0v) is 17.0. The topological polar surface area (TPSA) is 96.0 Å². The molecule has 0 amide bonds. The number of H-pyrrole nitrogens is 2. The van der Waals surface area contributed by atoms with Gasteiger partial charge in [-0.25, -0.2) is 9.37 Å². The highest BCUT2D eigenvalue weighted by Crippen LogP contribution is 2.32. The first-order chi connectivity index (χ1) is 15.7. The minimum Gasteiger partial charge on any atom is -0.335 e. The summed E-state index contributed by atoms with van der Waals surface area (Å²) in [5, 5.41) is 8.37. The second-order valence-electron chi connectivity index (χ2n) is 7.61. The van der Waals surface area contributed by atoms with Crippen molar-refractivity contribution in [3.05, 3.63) is 78.8 Å². The third kappa shape index (κ3) is 3.01. The van der Waals surface area contributed by atoms with Crippen LogP contribution < -0.4 is 0 Å². The lowest BCUT2D eigenvalue weighted by molar-refractivity contribution is 0.627. The second-order valence-corrected chi connectivity index (χ2v) is 7.61. The predicted octanol–water partition coefficient (Wildman–Crippen LogP) is 5.07. The molecular formula is C24H16FN7. The fourth-order valence-electron chi connectivity index (χ4n) is 3.92. The summed E-state index contributed by atoms with van der Waals surface area (Å²) in [6, 6.07) is 10.7. The van der Waals surface area contributed by atoms with Gasteiger partial charge in [-0.05, 0) is 48.4 Å². The zero-order valence-electron chi connectivity index (χ0n) is 17.0. The van der Waals surface area contributed by atoms with Crippen LogP contribution in [0.1, 0.15) is 5.56 Å². The molecule has 0 fully saturated rings. The number of halogens is 1. The van der Waals surface area contributed by atoms with E-state index in [0.29, 0.717) is 17.0 Å². The third-order valence-corrected chi connectivity index (χ3v) is 5.38. The van der Waals surface area contributed by atoms with Crippen LogP contribution in [-0.2, 0) is 0 Å². The number of benzene rings is 1. The first kappa shape index (κ1) is 18.3. The number of aromatic amines is 2. The normalized spacial score (nSPS) is 11.4. The fourth-order valence-corrected chi connectivity index (χ4v) is 3.92. The number of rotatable bonds is 3. The van der Waals surface area contributed by atoms with Gasteiger partial charge in [0.1, 0.15) is 11.5 Å². The number of fused-ring (bicyclic) bond motifs is 2. The highest BCUT2D eigenvalue weighted by atomic mass is 19.1. The lowest BCUT2D eigenvalue weighted by atomic mass is 10.0. The maximum absolute atomic E-state index is 14.0. The molecule has 8 heteroatoms. The molecule has 5 aromatic heterocycles. The monoisotopic (exact) mass is 421 g/mol. The molecule has 5 heterocycles. The van der Waals surface area contributed by atoms with E-state index in [1.54, 1.807) is 31.0 Å². The molecule has 6 rings (SSSR count). The largest absolute Gasteiger partial charge is 0.335 e. The molecule has 0 atom stereocenters. The summed E-state index contributed by atoms with van der Waals surface area (Å²) in [6.45, 7) is 1.86. The van der Waals surface area contributed by atoms with Crippen molar-refractivity contribution < 1.29 is 4.39 Å². The second kappa shape index (κ2) is 7.05. The van der Waals surface area contributed by atoms with Crippen molar-refractivity contribution in [2.75, 3.05) is 0 Å².